The number of thiazole rings is 1. The Balaban J connectivity index is 0.00000306. The predicted molar refractivity (Wildman–Crippen MR) is 125 cm³/mol. The van der Waals surface area contributed by atoms with Crippen LogP contribution in [0.15, 0.2) is 41.3 Å². The Labute approximate surface area is 200 Å². The fourth-order valence-electron chi connectivity index (χ4n) is 3.37. The van der Waals surface area contributed by atoms with Gasteiger partial charge in [-0.25, -0.2) is 22.2 Å². The second-order valence-electron chi connectivity index (χ2n) is 7.44. The van der Waals surface area contributed by atoms with Crippen molar-refractivity contribution in [1.29, 1.82) is 0 Å². The van der Waals surface area contributed by atoms with Crippen molar-refractivity contribution >= 4 is 54.8 Å². The molecule has 0 aliphatic carbocycles. The van der Waals surface area contributed by atoms with Crippen LogP contribution in [0.2, 0.25) is 0 Å². The first kappa shape index (κ1) is 25.4. The molecule has 1 amide bonds. The Morgan fingerprint density at radius 2 is 1.88 bits per heavy atom. The molecular formula is C21H22ClF2N3O4S2. The number of hydrogen-bond donors (Lipinski definition) is 0. The van der Waals surface area contributed by atoms with Gasteiger partial charge in [0, 0.05) is 38.0 Å². The van der Waals surface area contributed by atoms with Crippen molar-refractivity contribution in [3.63, 3.8) is 0 Å². The first-order chi connectivity index (χ1) is 15.2. The van der Waals surface area contributed by atoms with E-state index in [0.29, 0.717) is 35.1 Å². The predicted octanol–water partition coefficient (Wildman–Crippen LogP) is 3.38. The van der Waals surface area contributed by atoms with E-state index in [1.165, 1.54) is 34.4 Å². The number of carbonyl (C=O) groups excluding carboxylic acids is 1. The summed E-state index contributed by atoms with van der Waals surface area (Å²) in [5.41, 5.74) is 0.550. The molecule has 7 nitrogen and oxygen atoms in total. The Morgan fingerprint density at radius 1 is 1.15 bits per heavy atom. The molecule has 1 saturated heterocycles. The van der Waals surface area contributed by atoms with Crippen molar-refractivity contribution < 1.29 is 26.7 Å². The maximum atomic E-state index is 13.8. The molecule has 1 aliphatic rings. The number of nitrogens with zero attached hydrogens (tertiary/aromatic N) is 3. The summed E-state index contributed by atoms with van der Waals surface area (Å²) in [4.78, 5) is 21.5. The second-order valence-corrected chi connectivity index (χ2v) is 10.5. The van der Waals surface area contributed by atoms with Crippen molar-refractivity contribution in [2.75, 3.05) is 50.5 Å². The summed E-state index contributed by atoms with van der Waals surface area (Å²) in [6, 6.07) is 7.60. The van der Waals surface area contributed by atoms with E-state index in [4.69, 9.17) is 4.74 Å². The highest BCUT2D eigenvalue weighted by Crippen LogP contribution is 2.31. The average Bonchev–Trinajstić information content (AvgIpc) is 3.19. The third-order valence-electron chi connectivity index (χ3n) is 5.16. The lowest BCUT2D eigenvalue weighted by Crippen LogP contribution is -2.43. The smallest absolute Gasteiger partial charge is 0.260 e. The Morgan fingerprint density at radius 3 is 2.55 bits per heavy atom. The van der Waals surface area contributed by atoms with Crippen LogP contribution < -0.4 is 4.90 Å². The van der Waals surface area contributed by atoms with E-state index < -0.39 is 27.4 Å². The lowest BCUT2D eigenvalue weighted by molar-refractivity contribution is 0.0391. The molecule has 1 aromatic heterocycles. The molecule has 12 heteroatoms. The van der Waals surface area contributed by atoms with Crippen LogP contribution in [0.4, 0.5) is 13.9 Å². The number of morpholine rings is 1. The van der Waals surface area contributed by atoms with Crippen LogP contribution in [-0.2, 0) is 14.6 Å². The number of halogens is 3. The molecule has 2 aromatic carbocycles. The van der Waals surface area contributed by atoms with Gasteiger partial charge in [-0.05, 0) is 36.4 Å². The number of carbonyl (C=O) groups is 1. The number of fused-ring (bicyclic) bond motifs is 1. The van der Waals surface area contributed by atoms with Crippen LogP contribution in [0.5, 0.6) is 0 Å². The summed E-state index contributed by atoms with van der Waals surface area (Å²) in [6.07, 6.45) is 1.12. The molecule has 33 heavy (non-hydrogen) atoms. The molecule has 178 valence electrons. The molecule has 2 heterocycles. The number of amides is 1. The Hall–Kier alpha value is -2.18. The molecule has 0 unspecified atom stereocenters. The largest absolute Gasteiger partial charge is 0.379 e. The number of aromatic nitrogens is 1. The van der Waals surface area contributed by atoms with Gasteiger partial charge in [-0.1, -0.05) is 11.3 Å². The van der Waals surface area contributed by atoms with E-state index in [-0.39, 0.29) is 29.4 Å². The number of hydrogen-bond acceptors (Lipinski definition) is 7. The first-order valence-electron chi connectivity index (χ1n) is 9.90. The highest BCUT2D eigenvalue weighted by atomic mass is 35.5. The molecule has 0 N–H and O–H groups in total. The minimum absolute atomic E-state index is 0. The number of anilines is 1. The zero-order valence-electron chi connectivity index (χ0n) is 17.7. The number of ether oxygens (including phenoxy) is 1. The van der Waals surface area contributed by atoms with E-state index in [0.717, 1.165) is 31.5 Å². The minimum Gasteiger partial charge on any atom is -0.379 e. The van der Waals surface area contributed by atoms with Crippen LogP contribution in [0.1, 0.15) is 10.4 Å². The summed E-state index contributed by atoms with van der Waals surface area (Å²) < 4.78 is 56.9. The summed E-state index contributed by atoms with van der Waals surface area (Å²) >= 11 is 1.17. The van der Waals surface area contributed by atoms with Crippen LogP contribution >= 0.6 is 23.7 Å². The van der Waals surface area contributed by atoms with Gasteiger partial charge in [0.05, 0.1) is 28.3 Å². The Kier molecular flexibility index (Phi) is 8.01. The average molecular weight is 518 g/mol. The standard InChI is InChI=1S/C21H21F2N3O4S2.ClH/c1-32(28,29)15-3-5-18-19(13-15)31-21(24-18)26(7-6-25-8-10-30-11-9-25)20(27)14-2-4-16(22)17(23)12-14;/h2-5,12-13H,6-11H2,1H3;1H. The van der Waals surface area contributed by atoms with Gasteiger partial charge in [-0.15, -0.1) is 12.4 Å². The van der Waals surface area contributed by atoms with Crippen molar-refractivity contribution in [1.82, 2.24) is 9.88 Å². The molecule has 1 fully saturated rings. The van der Waals surface area contributed by atoms with E-state index in [2.05, 4.69) is 9.88 Å². The Bertz CT molecular complexity index is 1260. The zero-order valence-corrected chi connectivity index (χ0v) is 20.1. The van der Waals surface area contributed by atoms with Crippen LogP contribution in [0, 0.1) is 11.6 Å². The van der Waals surface area contributed by atoms with Crippen LogP contribution in [0.25, 0.3) is 10.2 Å². The van der Waals surface area contributed by atoms with Gasteiger partial charge in [-0.2, -0.15) is 0 Å². The molecule has 0 bridgehead atoms. The van der Waals surface area contributed by atoms with Gasteiger partial charge in [-0.3, -0.25) is 14.6 Å². The van der Waals surface area contributed by atoms with E-state index in [1.54, 1.807) is 6.07 Å². The zero-order chi connectivity index (χ0) is 22.9. The van der Waals surface area contributed by atoms with Crippen molar-refractivity contribution in [3.8, 4) is 0 Å². The summed E-state index contributed by atoms with van der Waals surface area (Å²) in [5, 5.41) is 0.355. The summed E-state index contributed by atoms with van der Waals surface area (Å²) in [6.45, 7) is 3.48. The van der Waals surface area contributed by atoms with Gasteiger partial charge >= 0.3 is 0 Å². The van der Waals surface area contributed by atoms with Crippen LogP contribution in [-0.4, -0.2) is 69.9 Å². The fourth-order valence-corrected chi connectivity index (χ4v) is 5.13. The quantitative estimate of drug-likeness (QED) is 0.499. The topological polar surface area (TPSA) is 79.8 Å². The van der Waals surface area contributed by atoms with Gasteiger partial charge in [0.25, 0.3) is 5.91 Å². The molecule has 0 radical (unpaired) electrons. The normalized spacial score (nSPS) is 14.8. The van der Waals surface area contributed by atoms with Crippen LogP contribution in [0.3, 0.4) is 0 Å². The van der Waals surface area contributed by atoms with E-state index >= 15 is 0 Å². The number of rotatable bonds is 6. The molecule has 0 saturated carbocycles. The van der Waals surface area contributed by atoms with Gasteiger partial charge in [0.2, 0.25) is 0 Å². The highest BCUT2D eigenvalue weighted by Gasteiger charge is 2.24. The third-order valence-corrected chi connectivity index (χ3v) is 7.31. The number of sulfone groups is 1. The molecule has 0 spiro atoms. The monoisotopic (exact) mass is 517 g/mol. The SMILES string of the molecule is CS(=O)(=O)c1ccc2nc(N(CCN3CCOCC3)C(=O)c3ccc(F)c(F)c3)sc2c1.Cl. The van der Waals surface area contributed by atoms with E-state index in [9.17, 15) is 22.0 Å². The summed E-state index contributed by atoms with van der Waals surface area (Å²) in [7, 11) is -3.40. The maximum Gasteiger partial charge on any atom is 0.260 e. The van der Waals surface area contributed by atoms with Crippen molar-refractivity contribution in [2.24, 2.45) is 0 Å². The third kappa shape index (κ3) is 5.85. The highest BCUT2D eigenvalue weighted by molar-refractivity contribution is 7.90. The molecule has 0 atom stereocenters. The van der Waals surface area contributed by atoms with Crippen molar-refractivity contribution in [3.05, 3.63) is 53.6 Å². The van der Waals surface area contributed by atoms with E-state index in [1.807, 2.05) is 0 Å². The minimum atomic E-state index is -3.40. The van der Waals surface area contributed by atoms with Gasteiger partial charge in [0.15, 0.2) is 26.6 Å². The lowest BCUT2D eigenvalue weighted by Gasteiger charge is -2.29. The number of benzene rings is 2. The molecule has 1 aliphatic heterocycles. The van der Waals surface area contributed by atoms with Crippen molar-refractivity contribution in [2.45, 2.75) is 4.90 Å². The summed E-state index contributed by atoms with van der Waals surface area (Å²) in [5.74, 6) is -2.65. The maximum absolute atomic E-state index is 13.8. The van der Waals surface area contributed by atoms with Gasteiger partial charge < -0.3 is 4.74 Å². The fraction of sp³-hybridized carbons (Fsp3) is 0.333. The lowest BCUT2D eigenvalue weighted by atomic mass is 10.2. The molecule has 4 rings (SSSR count). The molecular weight excluding hydrogens is 496 g/mol. The second kappa shape index (κ2) is 10.4. The first-order valence-corrected chi connectivity index (χ1v) is 12.6. The molecule has 3 aromatic rings. The van der Waals surface area contributed by atoms with Gasteiger partial charge in [0.1, 0.15) is 0 Å².